The summed E-state index contributed by atoms with van der Waals surface area (Å²) < 4.78 is 10.7. The van der Waals surface area contributed by atoms with Crippen molar-refractivity contribution in [1.29, 1.82) is 0 Å². The van der Waals surface area contributed by atoms with E-state index < -0.39 is 0 Å². The molecule has 0 bridgehead atoms. The maximum atomic E-state index is 6.11. The topological polar surface area (TPSA) is 43.4 Å². The summed E-state index contributed by atoms with van der Waals surface area (Å²) in [6, 6.07) is 1.88. The Kier molecular flexibility index (Phi) is 7.79. The molecule has 0 amide bonds. The molecule has 0 fully saturated rings. The van der Waals surface area contributed by atoms with Gasteiger partial charge in [-0.25, -0.2) is 4.98 Å². The summed E-state index contributed by atoms with van der Waals surface area (Å²) in [6.07, 6.45) is 1.63. The second-order valence-electron chi connectivity index (χ2n) is 4.68. The van der Waals surface area contributed by atoms with Gasteiger partial charge in [-0.3, -0.25) is 0 Å². The zero-order valence-electron chi connectivity index (χ0n) is 11.9. The van der Waals surface area contributed by atoms with Crippen LogP contribution in [0.2, 0.25) is 5.02 Å². The minimum Gasteiger partial charge on any atom is -0.475 e. The van der Waals surface area contributed by atoms with Crippen LogP contribution in [0.1, 0.15) is 26.3 Å². The number of pyridine rings is 1. The molecular formula is C14H23ClN2O2. The molecule has 0 aliphatic rings. The molecule has 0 unspecified atom stereocenters. The quantitative estimate of drug-likeness (QED) is 0.709. The van der Waals surface area contributed by atoms with E-state index in [1.54, 1.807) is 6.20 Å². The lowest BCUT2D eigenvalue weighted by Crippen LogP contribution is -2.19. The Morgan fingerprint density at radius 2 is 2.16 bits per heavy atom. The van der Waals surface area contributed by atoms with E-state index in [4.69, 9.17) is 21.1 Å². The number of halogens is 1. The number of nitrogens with zero attached hydrogens (tertiary/aromatic N) is 1. The molecule has 1 rings (SSSR count). The predicted molar refractivity (Wildman–Crippen MR) is 77.8 cm³/mol. The summed E-state index contributed by atoms with van der Waals surface area (Å²) in [5, 5.41) is 4.01. The maximum Gasteiger partial charge on any atom is 0.213 e. The number of aromatic nitrogens is 1. The molecule has 0 aliphatic carbocycles. The van der Waals surface area contributed by atoms with Crippen LogP contribution in [0.3, 0.4) is 0 Å². The minimum absolute atomic E-state index is 0.501. The Morgan fingerprint density at radius 1 is 1.37 bits per heavy atom. The third kappa shape index (κ3) is 6.76. The van der Waals surface area contributed by atoms with Crippen molar-refractivity contribution in [3.05, 3.63) is 22.8 Å². The van der Waals surface area contributed by atoms with Gasteiger partial charge >= 0.3 is 0 Å². The summed E-state index contributed by atoms with van der Waals surface area (Å²) >= 11 is 6.11. The number of nitrogens with one attached hydrogen (secondary N) is 1. The highest BCUT2D eigenvalue weighted by Crippen LogP contribution is 2.19. The van der Waals surface area contributed by atoms with Gasteiger partial charge in [-0.1, -0.05) is 25.4 Å². The van der Waals surface area contributed by atoms with Crippen LogP contribution in [0.4, 0.5) is 0 Å². The van der Waals surface area contributed by atoms with Crippen molar-refractivity contribution in [1.82, 2.24) is 10.3 Å². The molecule has 1 N–H and O–H groups in total. The van der Waals surface area contributed by atoms with Gasteiger partial charge in [0, 0.05) is 25.4 Å². The average molecular weight is 287 g/mol. The lowest BCUT2D eigenvalue weighted by Gasteiger charge is -2.11. The normalized spacial score (nSPS) is 11.0. The zero-order valence-corrected chi connectivity index (χ0v) is 12.7. The van der Waals surface area contributed by atoms with Gasteiger partial charge in [-0.2, -0.15) is 0 Å². The molecule has 108 valence electrons. The Bertz CT molecular complexity index is 372. The van der Waals surface area contributed by atoms with Crippen molar-refractivity contribution < 1.29 is 9.47 Å². The molecule has 1 aromatic heterocycles. The monoisotopic (exact) mass is 286 g/mol. The molecule has 0 aromatic carbocycles. The Hall–Kier alpha value is -0.840. The van der Waals surface area contributed by atoms with E-state index in [2.05, 4.69) is 24.1 Å². The van der Waals surface area contributed by atoms with E-state index in [0.29, 0.717) is 36.6 Å². The van der Waals surface area contributed by atoms with E-state index in [1.165, 1.54) is 0 Å². The Balaban J connectivity index is 2.46. The van der Waals surface area contributed by atoms with Crippen LogP contribution in [0.25, 0.3) is 0 Å². The Morgan fingerprint density at radius 3 is 2.84 bits per heavy atom. The molecular weight excluding hydrogens is 264 g/mol. The highest BCUT2D eigenvalue weighted by molar-refractivity contribution is 6.31. The van der Waals surface area contributed by atoms with Crippen LogP contribution in [0.15, 0.2) is 12.3 Å². The molecule has 1 heterocycles. The number of hydrogen-bond acceptors (Lipinski definition) is 4. The van der Waals surface area contributed by atoms with Crippen LogP contribution in [0, 0.1) is 5.92 Å². The summed E-state index contributed by atoms with van der Waals surface area (Å²) in [7, 11) is 0. The molecule has 1 aromatic rings. The molecule has 19 heavy (non-hydrogen) atoms. The predicted octanol–water partition coefficient (Wildman–Crippen LogP) is 2.90. The van der Waals surface area contributed by atoms with Gasteiger partial charge in [0.25, 0.3) is 0 Å². The molecule has 4 nitrogen and oxygen atoms in total. The fraction of sp³-hybridized carbons (Fsp3) is 0.643. The van der Waals surface area contributed by atoms with Gasteiger partial charge in [-0.15, -0.1) is 0 Å². The summed E-state index contributed by atoms with van der Waals surface area (Å²) in [6.45, 7) is 9.75. The molecule has 0 saturated heterocycles. The van der Waals surface area contributed by atoms with Crippen molar-refractivity contribution in [2.45, 2.75) is 27.3 Å². The largest absolute Gasteiger partial charge is 0.475 e. The third-order valence-electron chi connectivity index (χ3n) is 2.46. The second kappa shape index (κ2) is 9.13. The second-order valence-corrected chi connectivity index (χ2v) is 5.09. The van der Waals surface area contributed by atoms with E-state index in [9.17, 15) is 0 Å². The highest BCUT2D eigenvalue weighted by Gasteiger charge is 2.05. The van der Waals surface area contributed by atoms with Crippen LogP contribution >= 0.6 is 11.6 Å². The SMILES string of the molecule is CCOCCOc1cc(CNCC(C)C)c(Cl)cn1. The average Bonchev–Trinajstić information content (AvgIpc) is 2.37. The van der Waals surface area contributed by atoms with Crippen molar-refractivity contribution in [2.24, 2.45) is 5.92 Å². The molecule has 5 heteroatoms. The smallest absolute Gasteiger partial charge is 0.213 e. The van der Waals surface area contributed by atoms with Gasteiger partial charge < -0.3 is 14.8 Å². The van der Waals surface area contributed by atoms with Gasteiger partial charge in [0.15, 0.2) is 0 Å². The third-order valence-corrected chi connectivity index (χ3v) is 2.80. The highest BCUT2D eigenvalue weighted by atomic mass is 35.5. The van der Waals surface area contributed by atoms with Crippen molar-refractivity contribution in [3.63, 3.8) is 0 Å². The van der Waals surface area contributed by atoms with Crippen molar-refractivity contribution in [2.75, 3.05) is 26.4 Å². The van der Waals surface area contributed by atoms with Gasteiger partial charge in [0.05, 0.1) is 11.6 Å². The fourth-order valence-corrected chi connectivity index (χ4v) is 1.69. The molecule has 0 spiro atoms. The van der Waals surface area contributed by atoms with E-state index in [1.807, 2.05) is 13.0 Å². The van der Waals surface area contributed by atoms with Gasteiger partial charge in [-0.05, 0) is 24.9 Å². The first-order valence-electron chi connectivity index (χ1n) is 6.69. The summed E-state index contributed by atoms with van der Waals surface area (Å²) in [5.74, 6) is 1.20. The maximum absolute atomic E-state index is 6.11. The first-order chi connectivity index (χ1) is 9.13. The van der Waals surface area contributed by atoms with Crippen LogP contribution in [0.5, 0.6) is 5.88 Å². The lowest BCUT2D eigenvalue weighted by molar-refractivity contribution is 0.108. The molecule has 0 aliphatic heterocycles. The van der Waals surface area contributed by atoms with Crippen LogP contribution in [-0.4, -0.2) is 31.3 Å². The first-order valence-corrected chi connectivity index (χ1v) is 7.07. The fourth-order valence-electron chi connectivity index (χ4n) is 1.52. The standard InChI is InChI=1S/C14H23ClN2O2/c1-4-18-5-6-19-14-7-12(13(15)10-17-14)9-16-8-11(2)3/h7,10-11,16H,4-6,8-9H2,1-3H3. The molecule has 0 radical (unpaired) electrons. The van der Waals surface area contributed by atoms with E-state index in [-0.39, 0.29) is 0 Å². The number of rotatable bonds is 9. The summed E-state index contributed by atoms with van der Waals surface area (Å²) in [5.41, 5.74) is 1.00. The van der Waals surface area contributed by atoms with Crippen LogP contribution in [-0.2, 0) is 11.3 Å². The van der Waals surface area contributed by atoms with E-state index in [0.717, 1.165) is 18.7 Å². The molecule has 0 atom stereocenters. The van der Waals surface area contributed by atoms with Crippen LogP contribution < -0.4 is 10.1 Å². The minimum atomic E-state index is 0.501. The van der Waals surface area contributed by atoms with Gasteiger partial charge in [0.2, 0.25) is 5.88 Å². The first kappa shape index (κ1) is 16.2. The zero-order chi connectivity index (χ0) is 14.1. The van der Waals surface area contributed by atoms with Crippen molar-refractivity contribution in [3.8, 4) is 5.88 Å². The lowest BCUT2D eigenvalue weighted by atomic mass is 10.2. The number of hydrogen-bond donors (Lipinski definition) is 1. The number of ether oxygens (including phenoxy) is 2. The Labute approximate surface area is 120 Å². The van der Waals surface area contributed by atoms with Gasteiger partial charge in [0.1, 0.15) is 6.61 Å². The molecule has 0 saturated carbocycles. The summed E-state index contributed by atoms with van der Waals surface area (Å²) in [4.78, 5) is 4.14. The van der Waals surface area contributed by atoms with E-state index >= 15 is 0 Å². The van der Waals surface area contributed by atoms with Crippen molar-refractivity contribution >= 4 is 11.6 Å².